The number of nitrogens with zero attached hydrogens (tertiary/aromatic N) is 3. The van der Waals surface area contributed by atoms with Gasteiger partial charge < -0.3 is 9.64 Å². The summed E-state index contributed by atoms with van der Waals surface area (Å²) in [6, 6.07) is 16.6. The van der Waals surface area contributed by atoms with Gasteiger partial charge >= 0.3 is 0 Å². The maximum atomic E-state index is 12.6. The molecule has 0 bridgehead atoms. The number of carbonyl (C=O) groups excluding carboxylic acids is 1. The van der Waals surface area contributed by atoms with Gasteiger partial charge in [0.15, 0.2) is 6.61 Å². The first-order chi connectivity index (χ1) is 12.1. The maximum Gasteiger partial charge on any atom is 0.264 e. The minimum Gasteiger partial charge on any atom is -0.482 e. The van der Waals surface area contributed by atoms with Crippen molar-refractivity contribution in [1.29, 1.82) is 10.5 Å². The van der Waals surface area contributed by atoms with Crippen molar-refractivity contribution in [2.45, 2.75) is 20.3 Å². The van der Waals surface area contributed by atoms with Crippen molar-refractivity contribution in [3.8, 4) is 17.9 Å². The van der Waals surface area contributed by atoms with Gasteiger partial charge in [-0.15, -0.1) is 0 Å². The molecule has 0 heterocycles. The third kappa shape index (κ3) is 4.59. The van der Waals surface area contributed by atoms with Crippen LogP contribution in [0.5, 0.6) is 5.75 Å². The molecule has 0 unspecified atom stereocenters. The van der Waals surface area contributed by atoms with E-state index in [1.54, 1.807) is 29.2 Å². The minimum absolute atomic E-state index is 0.197. The lowest BCUT2D eigenvalue weighted by molar-refractivity contribution is -0.120. The van der Waals surface area contributed by atoms with E-state index >= 15 is 0 Å². The molecule has 1 amide bonds. The van der Waals surface area contributed by atoms with E-state index in [2.05, 4.69) is 6.07 Å². The summed E-state index contributed by atoms with van der Waals surface area (Å²) in [5.74, 6) is 0.116. The molecule has 0 saturated heterocycles. The molecule has 5 heteroatoms. The fourth-order valence-corrected chi connectivity index (χ4v) is 2.36. The SMILES string of the molecule is Cc1ccc(N(CCC#N)C(=O)COc2ccccc2C#N)cc1C. The fraction of sp³-hybridized carbons (Fsp3) is 0.250. The lowest BCUT2D eigenvalue weighted by Gasteiger charge is -2.23. The molecule has 0 saturated carbocycles. The Morgan fingerprint density at radius 2 is 1.88 bits per heavy atom. The van der Waals surface area contributed by atoms with Crippen LogP contribution in [0.2, 0.25) is 0 Å². The molecule has 126 valence electrons. The van der Waals surface area contributed by atoms with Gasteiger partial charge in [-0.25, -0.2) is 0 Å². The Bertz CT molecular complexity index is 847. The number of ether oxygens (including phenoxy) is 1. The number of carbonyl (C=O) groups is 1. The highest BCUT2D eigenvalue weighted by atomic mass is 16.5. The van der Waals surface area contributed by atoms with Gasteiger partial charge in [0.2, 0.25) is 0 Å². The van der Waals surface area contributed by atoms with Crippen LogP contribution in [0.15, 0.2) is 42.5 Å². The number of rotatable bonds is 6. The summed E-state index contributed by atoms with van der Waals surface area (Å²) in [4.78, 5) is 14.2. The molecule has 0 spiro atoms. The second-order valence-corrected chi connectivity index (χ2v) is 5.62. The highest BCUT2D eigenvalue weighted by Crippen LogP contribution is 2.21. The molecule has 0 atom stereocenters. The molecule has 0 radical (unpaired) electrons. The van der Waals surface area contributed by atoms with Crippen LogP contribution in [0.25, 0.3) is 0 Å². The fourth-order valence-electron chi connectivity index (χ4n) is 2.36. The molecule has 0 aromatic heterocycles. The number of amides is 1. The van der Waals surface area contributed by atoms with Gasteiger partial charge in [-0.1, -0.05) is 18.2 Å². The van der Waals surface area contributed by atoms with Crippen LogP contribution in [-0.2, 0) is 4.79 Å². The zero-order chi connectivity index (χ0) is 18.2. The lowest BCUT2D eigenvalue weighted by atomic mass is 10.1. The van der Waals surface area contributed by atoms with E-state index in [-0.39, 0.29) is 18.9 Å². The molecule has 0 aliphatic carbocycles. The number of para-hydroxylation sites is 1. The first-order valence-corrected chi connectivity index (χ1v) is 7.93. The van der Waals surface area contributed by atoms with Crippen molar-refractivity contribution in [3.63, 3.8) is 0 Å². The summed E-state index contributed by atoms with van der Waals surface area (Å²) >= 11 is 0. The third-order valence-corrected chi connectivity index (χ3v) is 3.91. The van der Waals surface area contributed by atoms with Crippen LogP contribution in [-0.4, -0.2) is 19.1 Å². The van der Waals surface area contributed by atoms with Crippen molar-refractivity contribution >= 4 is 11.6 Å². The van der Waals surface area contributed by atoms with Gasteiger partial charge in [0.25, 0.3) is 5.91 Å². The zero-order valence-corrected chi connectivity index (χ0v) is 14.3. The molecular weight excluding hydrogens is 314 g/mol. The maximum absolute atomic E-state index is 12.6. The average Bonchev–Trinajstić information content (AvgIpc) is 2.63. The molecule has 0 aliphatic rings. The molecule has 5 nitrogen and oxygen atoms in total. The normalized spacial score (nSPS) is 9.76. The molecular formula is C20H19N3O2. The van der Waals surface area contributed by atoms with Crippen LogP contribution in [0.3, 0.4) is 0 Å². The van der Waals surface area contributed by atoms with E-state index in [9.17, 15) is 4.79 Å². The summed E-state index contributed by atoms with van der Waals surface area (Å²) in [7, 11) is 0. The molecule has 2 aromatic rings. The summed E-state index contributed by atoms with van der Waals surface area (Å²) in [6.45, 7) is 4.08. The van der Waals surface area contributed by atoms with Crippen molar-refractivity contribution in [2.24, 2.45) is 0 Å². The first kappa shape index (κ1) is 18.0. The number of aryl methyl sites for hydroxylation is 2. The van der Waals surface area contributed by atoms with Gasteiger partial charge in [-0.3, -0.25) is 4.79 Å². The van der Waals surface area contributed by atoms with Crippen LogP contribution >= 0.6 is 0 Å². The van der Waals surface area contributed by atoms with E-state index < -0.39 is 0 Å². The summed E-state index contributed by atoms with van der Waals surface area (Å²) in [5.41, 5.74) is 3.32. The number of anilines is 1. The smallest absolute Gasteiger partial charge is 0.264 e. The highest BCUT2D eigenvalue weighted by Gasteiger charge is 2.17. The number of nitriles is 2. The third-order valence-electron chi connectivity index (χ3n) is 3.91. The van der Waals surface area contributed by atoms with E-state index in [0.717, 1.165) is 16.8 Å². The van der Waals surface area contributed by atoms with Crippen molar-refractivity contribution in [3.05, 3.63) is 59.2 Å². The van der Waals surface area contributed by atoms with E-state index in [1.165, 1.54) is 0 Å². The Kier molecular flexibility index (Phi) is 6.14. The lowest BCUT2D eigenvalue weighted by Crippen LogP contribution is -2.35. The molecule has 25 heavy (non-hydrogen) atoms. The standard InChI is InChI=1S/C20H19N3O2/c1-15-8-9-18(12-16(15)2)23(11-5-10-21)20(24)14-25-19-7-4-3-6-17(19)13-22/h3-4,6-9,12H,5,11,14H2,1-2H3. The summed E-state index contributed by atoms with van der Waals surface area (Å²) < 4.78 is 5.53. The Morgan fingerprint density at radius 1 is 1.12 bits per heavy atom. The Labute approximate surface area is 147 Å². The average molecular weight is 333 g/mol. The molecule has 2 rings (SSSR count). The van der Waals surface area contributed by atoms with Crippen molar-refractivity contribution in [1.82, 2.24) is 0 Å². The van der Waals surface area contributed by atoms with Crippen molar-refractivity contribution < 1.29 is 9.53 Å². The quantitative estimate of drug-likeness (QED) is 0.810. The van der Waals surface area contributed by atoms with Crippen LogP contribution in [0.4, 0.5) is 5.69 Å². The van der Waals surface area contributed by atoms with E-state index in [0.29, 0.717) is 17.9 Å². The number of hydrogen-bond donors (Lipinski definition) is 0. The highest BCUT2D eigenvalue weighted by molar-refractivity contribution is 5.94. The minimum atomic E-state index is -0.258. The van der Waals surface area contributed by atoms with Gasteiger partial charge in [0.05, 0.1) is 18.1 Å². The predicted molar refractivity (Wildman–Crippen MR) is 95.2 cm³/mol. The first-order valence-electron chi connectivity index (χ1n) is 7.93. The summed E-state index contributed by atoms with van der Waals surface area (Å²) in [6.07, 6.45) is 0.230. The van der Waals surface area contributed by atoms with Gasteiger partial charge in [0, 0.05) is 12.2 Å². The Morgan fingerprint density at radius 3 is 2.56 bits per heavy atom. The van der Waals surface area contributed by atoms with Gasteiger partial charge in [0.1, 0.15) is 11.8 Å². The number of benzene rings is 2. The summed E-state index contributed by atoms with van der Waals surface area (Å²) in [5, 5.41) is 17.9. The second-order valence-electron chi connectivity index (χ2n) is 5.62. The Hall–Kier alpha value is -3.31. The monoisotopic (exact) mass is 333 g/mol. The van der Waals surface area contributed by atoms with Gasteiger partial charge in [-0.2, -0.15) is 10.5 Å². The van der Waals surface area contributed by atoms with Gasteiger partial charge in [-0.05, 0) is 49.2 Å². The molecule has 0 N–H and O–H groups in total. The van der Waals surface area contributed by atoms with Crippen LogP contribution in [0.1, 0.15) is 23.1 Å². The largest absolute Gasteiger partial charge is 0.482 e. The van der Waals surface area contributed by atoms with Crippen LogP contribution in [0, 0.1) is 36.5 Å². The second kappa shape index (κ2) is 8.52. The molecule has 0 aliphatic heterocycles. The zero-order valence-electron chi connectivity index (χ0n) is 14.3. The molecule has 2 aromatic carbocycles. The predicted octanol–water partition coefficient (Wildman–Crippen LogP) is 3.50. The topological polar surface area (TPSA) is 77.1 Å². The van der Waals surface area contributed by atoms with E-state index in [1.807, 2.05) is 38.1 Å². The molecule has 0 fully saturated rings. The van der Waals surface area contributed by atoms with E-state index in [4.69, 9.17) is 15.3 Å². The number of hydrogen-bond acceptors (Lipinski definition) is 4. The van der Waals surface area contributed by atoms with Crippen molar-refractivity contribution in [2.75, 3.05) is 18.1 Å². The Balaban J connectivity index is 2.17. The van der Waals surface area contributed by atoms with Crippen LogP contribution < -0.4 is 9.64 Å².